The third kappa shape index (κ3) is 10.0. The average Bonchev–Trinajstić information content (AvgIpc) is 3.78. The topological polar surface area (TPSA) is 246 Å². The minimum atomic E-state index is -1.02. The van der Waals surface area contributed by atoms with Crippen LogP contribution in [0.3, 0.4) is 0 Å². The van der Waals surface area contributed by atoms with Gasteiger partial charge in [-0.3, -0.25) is 34.2 Å². The van der Waals surface area contributed by atoms with Crippen LogP contribution in [0.15, 0.2) is 36.4 Å². The van der Waals surface area contributed by atoms with Gasteiger partial charge in [-0.1, -0.05) is 6.07 Å². The van der Waals surface area contributed by atoms with Gasteiger partial charge in [-0.25, -0.2) is 14.6 Å². The Labute approximate surface area is 401 Å². The molecule has 5 amide bonds. The molecule has 9 rings (SSSR count). The van der Waals surface area contributed by atoms with Crippen LogP contribution < -0.4 is 26.0 Å². The first-order chi connectivity index (χ1) is 33.5. The zero-order valence-electron chi connectivity index (χ0n) is 39.0. The van der Waals surface area contributed by atoms with E-state index in [4.69, 9.17) is 34.0 Å². The highest BCUT2D eigenvalue weighted by atomic mass is 32.1. The number of rotatable bonds is 23. The third-order valence-electron chi connectivity index (χ3n) is 12.4. The van der Waals surface area contributed by atoms with Gasteiger partial charge in [0, 0.05) is 83.8 Å². The minimum absolute atomic E-state index is 0.0175. The molecule has 2 aromatic carbocycles. The molecule has 5 N–H and O–H groups in total. The number of anilines is 3. The number of hydrogen-bond donors (Lipinski definition) is 5. The van der Waals surface area contributed by atoms with Crippen molar-refractivity contribution in [1.29, 1.82) is 0 Å². The molecule has 1 atom stereocenters. The summed E-state index contributed by atoms with van der Waals surface area (Å²) in [5, 5.41) is 18.3. The van der Waals surface area contributed by atoms with E-state index in [0.29, 0.717) is 101 Å². The second kappa shape index (κ2) is 20.8. The Kier molecular flexibility index (Phi) is 14.3. The van der Waals surface area contributed by atoms with Crippen LogP contribution in [0, 0.1) is 13.8 Å². The number of H-pyrrole nitrogens is 1. The highest BCUT2D eigenvalue weighted by molar-refractivity contribution is 7.06. The summed E-state index contributed by atoms with van der Waals surface area (Å²) in [6.45, 7) is 9.94. The van der Waals surface area contributed by atoms with Crippen LogP contribution in [-0.4, -0.2) is 129 Å². The van der Waals surface area contributed by atoms with Crippen molar-refractivity contribution in [1.82, 2.24) is 44.6 Å². The molecule has 21 heteroatoms. The first-order valence-electron chi connectivity index (χ1n) is 23.3. The fourth-order valence-corrected chi connectivity index (χ4v) is 9.50. The van der Waals surface area contributed by atoms with Crippen molar-refractivity contribution in [3.05, 3.63) is 69.6 Å². The van der Waals surface area contributed by atoms with Crippen LogP contribution in [0.4, 0.5) is 17.3 Å². The molecule has 6 aromatic rings. The average molecular weight is 962 g/mol. The van der Waals surface area contributed by atoms with Gasteiger partial charge in [0.15, 0.2) is 0 Å². The van der Waals surface area contributed by atoms with E-state index in [1.165, 1.54) is 11.5 Å². The lowest BCUT2D eigenvalue weighted by molar-refractivity contribution is -0.136. The van der Waals surface area contributed by atoms with Crippen molar-refractivity contribution in [2.24, 2.45) is 0 Å². The van der Waals surface area contributed by atoms with Crippen LogP contribution >= 0.6 is 11.5 Å². The molecule has 362 valence electrons. The molecular formula is C48H55N11O9S. The number of ether oxygens (including phenoxy) is 4. The molecule has 0 bridgehead atoms. The lowest BCUT2D eigenvalue weighted by Gasteiger charge is -2.27. The van der Waals surface area contributed by atoms with Gasteiger partial charge in [-0.2, -0.15) is 9.47 Å². The predicted molar refractivity (Wildman–Crippen MR) is 257 cm³/mol. The molecule has 3 aliphatic rings. The number of imide groups is 2. The Hall–Kier alpha value is -6.81. The Morgan fingerprint density at radius 3 is 2.33 bits per heavy atom. The SMILES string of the molecule is CCn1nc(C2CC2)cc1Nc1nc(C(=O)NCCCOCCOCCOCCCNc2cccc3c2C(=O)N(C2CCC(=O)NC2=O)C3=O)nc2[nH]c3cc(-c4c(C)nsc4C)c(OC)cc3c12. The Bertz CT molecular complexity index is 2920. The summed E-state index contributed by atoms with van der Waals surface area (Å²) in [6.07, 6.45) is 3.59. The highest BCUT2D eigenvalue weighted by Crippen LogP contribution is 2.43. The Balaban J connectivity index is 0.715. The molecule has 0 radical (unpaired) electrons. The van der Waals surface area contributed by atoms with E-state index < -0.39 is 35.6 Å². The van der Waals surface area contributed by atoms with E-state index in [2.05, 4.69) is 36.7 Å². The van der Waals surface area contributed by atoms with E-state index in [-0.39, 0.29) is 29.8 Å². The number of fused-ring (bicyclic) bond motifs is 4. The number of nitrogens with one attached hydrogen (secondary N) is 5. The van der Waals surface area contributed by atoms with Gasteiger partial charge in [0.25, 0.3) is 17.7 Å². The zero-order chi connectivity index (χ0) is 48.2. The number of benzene rings is 2. The maximum absolute atomic E-state index is 13.6. The Morgan fingerprint density at radius 2 is 1.64 bits per heavy atom. The molecule has 6 heterocycles. The smallest absolute Gasteiger partial charge is 0.289 e. The molecule has 2 fully saturated rings. The summed E-state index contributed by atoms with van der Waals surface area (Å²) in [4.78, 5) is 79.0. The molecule has 20 nitrogen and oxygen atoms in total. The van der Waals surface area contributed by atoms with Crippen molar-refractivity contribution >= 4 is 80.3 Å². The van der Waals surface area contributed by atoms with Crippen molar-refractivity contribution in [3.8, 4) is 16.9 Å². The van der Waals surface area contributed by atoms with Gasteiger partial charge in [0.1, 0.15) is 29.1 Å². The summed E-state index contributed by atoms with van der Waals surface area (Å²) in [5.41, 5.74) is 6.18. The lowest BCUT2D eigenvalue weighted by Crippen LogP contribution is -2.54. The minimum Gasteiger partial charge on any atom is -0.496 e. The summed E-state index contributed by atoms with van der Waals surface area (Å²) in [7, 11) is 1.66. The van der Waals surface area contributed by atoms with Gasteiger partial charge >= 0.3 is 0 Å². The number of aromatic nitrogens is 6. The van der Waals surface area contributed by atoms with Crippen LogP contribution in [0.2, 0.25) is 0 Å². The standard InChI is InChI=1S/C48H55N11O9S/c1-5-58-37(25-33(56-58)28-11-12-28)52-43-41-30-24-36(65-4)31(39-26(2)57-69-27(39)3)23-34(30)51-42(41)54-44(55-43)46(62)50-16-8-18-67-20-22-68-21-19-66-17-7-15-49-32-10-6-9-29-40(32)48(64)59(47(29)63)35-13-14-38(60)53-45(35)61/h6,9-10,23-25,28,35,49H,5,7-8,11-22H2,1-4H3,(H,50,62)(H,53,60,61)(H2,51,52,54,55). The van der Waals surface area contributed by atoms with E-state index in [0.717, 1.165) is 67.2 Å². The van der Waals surface area contributed by atoms with Gasteiger partial charge in [0.05, 0.1) is 61.4 Å². The normalized spacial score (nSPS) is 15.9. The van der Waals surface area contributed by atoms with Gasteiger partial charge in [-0.15, -0.1) is 0 Å². The third-order valence-corrected chi connectivity index (χ3v) is 13.2. The molecule has 1 aliphatic carbocycles. The van der Waals surface area contributed by atoms with Crippen molar-refractivity contribution in [2.45, 2.75) is 77.8 Å². The Morgan fingerprint density at radius 1 is 0.884 bits per heavy atom. The van der Waals surface area contributed by atoms with Crippen molar-refractivity contribution < 1.29 is 42.9 Å². The van der Waals surface area contributed by atoms with E-state index in [9.17, 15) is 24.0 Å². The quantitative estimate of drug-likeness (QED) is 0.0378. The molecular weight excluding hydrogens is 907 g/mol. The molecule has 4 aromatic heterocycles. The summed E-state index contributed by atoms with van der Waals surface area (Å²) < 4.78 is 29.5. The van der Waals surface area contributed by atoms with Crippen molar-refractivity contribution in [3.63, 3.8) is 0 Å². The molecule has 1 saturated heterocycles. The number of carbonyl (C=O) groups is 5. The van der Waals surface area contributed by atoms with Gasteiger partial charge in [-0.05, 0) is 88.7 Å². The van der Waals surface area contributed by atoms with E-state index in [1.807, 2.05) is 37.6 Å². The number of aromatic amines is 1. The second-order valence-corrected chi connectivity index (χ2v) is 18.1. The monoisotopic (exact) mass is 961 g/mol. The van der Waals surface area contributed by atoms with Crippen LogP contribution in [-0.2, 0) is 30.3 Å². The summed E-state index contributed by atoms with van der Waals surface area (Å²) in [5.74, 6) is -0.148. The number of aryl methyl sites for hydroxylation is 3. The molecule has 1 saturated carbocycles. The fourth-order valence-electron chi connectivity index (χ4n) is 8.78. The van der Waals surface area contributed by atoms with Crippen LogP contribution in [0.5, 0.6) is 5.75 Å². The zero-order valence-corrected chi connectivity index (χ0v) is 39.8. The second-order valence-electron chi connectivity index (χ2n) is 17.1. The predicted octanol–water partition coefficient (Wildman–Crippen LogP) is 5.77. The number of methoxy groups -OCH3 is 1. The van der Waals surface area contributed by atoms with Crippen molar-refractivity contribution in [2.75, 3.05) is 70.5 Å². The first kappa shape index (κ1) is 47.3. The van der Waals surface area contributed by atoms with Gasteiger partial charge < -0.3 is 39.9 Å². The number of amides is 5. The summed E-state index contributed by atoms with van der Waals surface area (Å²) in [6, 6.07) is 10.0. The number of carbonyl (C=O) groups excluding carboxylic acids is 5. The molecule has 0 spiro atoms. The molecule has 69 heavy (non-hydrogen) atoms. The largest absolute Gasteiger partial charge is 0.496 e. The highest BCUT2D eigenvalue weighted by Gasteiger charge is 2.45. The first-order valence-corrected chi connectivity index (χ1v) is 24.1. The van der Waals surface area contributed by atoms with Crippen LogP contribution in [0.25, 0.3) is 33.1 Å². The maximum atomic E-state index is 13.6. The number of piperidine rings is 1. The molecule has 2 aliphatic heterocycles. The summed E-state index contributed by atoms with van der Waals surface area (Å²) >= 11 is 1.45. The van der Waals surface area contributed by atoms with Gasteiger partial charge in [0.2, 0.25) is 17.6 Å². The number of hydrogen-bond acceptors (Lipinski definition) is 16. The molecule has 1 unspecified atom stereocenters. The van der Waals surface area contributed by atoms with E-state index >= 15 is 0 Å². The van der Waals surface area contributed by atoms with E-state index in [1.54, 1.807) is 25.3 Å². The fraction of sp³-hybridized carbons (Fsp3) is 0.438. The maximum Gasteiger partial charge on any atom is 0.289 e. The van der Waals surface area contributed by atoms with Crippen LogP contribution in [0.1, 0.15) is 99.0 Å². The lowest BCUT2D eigenvalue weighted by atomic mass is 10.0. The number of nitrogens with zero attached hydrogens (tertiary/aromatic N) is 6.